The first-order chi connectivity index (χ1) is 15.6. The van der Waals surface area contributed by atoms with Crippen LogP contribution in [-0.2, 0) is 21.2 Å². The second-order valence-corrected chi connectivity index (χ2v) is 10.4. The van der Waals surface area contributed by atoms with E-state index < -0.39 is 27.3 Å². The molecule has 0 bridgehead atoms. The molecule has 0 atom stereocenters. The lowest BCUT2D eigenvalue weighted by molar-refractivity contribution is -0.118. The monoisotopic (exact) mass is 490 g/mol. The van der Waals surface area contributed by atoms with Crippen LogP contribution in [0.3, 0.4) is 0 Å². The van der Waals surface area contributed by atoms with Crippen LogP contribution in [-0.4, -0.2) is 50.2 Å². The van der Waals surface area contributed by atoms with E-state index in [1.807, 2.05) is 24.3 Å². The molecule has 0 saturated carbocycles. The lowest BCUT2D eigenvalue weighted by Gasteiger charge is -2.12. The van der Waals surface area contributed by atoms with E-state index >= 15 is 0 Å². The number of nitrogens with zero attached hydrogens (tertiary/aromatic N) is 2. The van der Waals surface area contributed by atoms with Gasteiger partial charge >= 0.3 is 0 Å². The molecule has 0 aliphatic carbocycles. The van der Waals surface area contributed by atoms with Crippen LogP contribution in [0.5, 0.6) is 0 Å². The third-order valence-electron chi connectivity index (χ3n) is 4.72. The van der Waals surface area contributed by atoms with Crippen LogP contribution in [0, 0.1) is 5.82 Å². The van der Waals surface area contributed by atoms with Gasteiger partial charge in [-0.1, -0.05) is 24.3 Å². The number of anilines is 1. The van der Waals surface area contributed by atoms with E-state index in [0.717, 1.165) is 33.6 Å². The van der Waals surface area contributed by atoms with Crippen molar-refractivity contribution in [3.8, 4) is 11.3 Å². The van der Waals surface area contributed by atoms with Crippen LogP contribution >= 0.6 is 11.3 Å². The molecule has 3 aromatic rings. The first kappa shape index (κ1) is 24.5. The van der Waals surface area contributed by atoms with Gasteiger partial charge in [-0.25, -0.2) is 22.1 Å². The Labute approximate surface area is 195 Å². The number of sulfonamides is 1. The standard InChI is InChI=1S/C22H23FN4O4S2/c1-14(28)24-11-10-15-4-6-16(7-5-15)20-13-32-22(25-20)26-21(29)18-12-17(8-9-19(18)23)33(30,31)27(2)3/h4-9,12-13H,10-11H2,1-3H3,(H,24,28)(H,25,26,29). The van der Waals surface area contributed by atoms with Gasteiger partial charge in [-0.2, -0.15) is 0 Å². The van der Waals surface area contributed by atoms with Crippen LogP contribution < -0.4 is 10.6 Å². The van der Waals surface area contributed by atoms with Crippen molar-refractivity contribution in [3.63, 3.8) is 0 Å². The second-order valence-electron chi connectivity index (χ2n) is 7.35. The molecule has 1 aromatic heterocycles. The van der Waals surface area contributed by atoms with Gasteiger partial charge in [0.15, 0.2) is 5.13 Å². The SMILES string of the molecule is CC(=O)NCCc1ccc(-c2csc(NC(=O)c3cc(S(=O)(=O)N(C)C)ccc3F)n2)cc1. The summed E-state index contributed by atoms with van der Waals surface area (Å²) < 4.78 is 39.8. The number of aromatic nitrogens is 1. The molecule has 11 heteroatoms. The Morgan fingerprint density at radius 3 is 2.45 bits per heavy atom. The largest absolute Gasteiger partial charge is 0.356 e. The molecule has 0 fully saturated rings. The van der Waals surface area contributed by atoms with Gasteiger partial charge in [0.25, 0.3) is 5.91 Å². The van der Waals surface area contributed by atoms with Crippen LogP contribution in [0.25, 0.3) is 11.3 Å². The van der Waals surface area contributed by atoms with Crippen molar-refractivity contribution < 1.29 is 22.4 Å². The summed E-state index contributed by atoms with van der Waals surface area (Å²) in [6, 6.07) is 10.7. The van der Waals surface area contributed by atoms with Crippen LogP contribution in [0.15, 0.2) is 52.7 Å². The zero-order chi connectivity index (χ0) is 24.2. The fourth-order valence-corrected chi connectivity index (χ4v) is 4.55. The van der Waals surface area contributed by atoms with Gasteiger partial charge in [-0.05, 0) is 30.2 Å². The molecule has 0 aliphatic rings. The van der Waals surface area contributed by atoms with Gasteiger partial charge in [0.05, 0.1) is 16.2 Å². The summed E-state index contributed by atoms with van der Waals surface area (Å²) in [5.74, 6) is -1.70. The van der Waals surface area contributed by atoms with Crippen molar-refractivity contribution in [2.75, 3.05) is 26.0 Å². The van der Waals surface area contributed by atoms with Crippen molar-refractivity contribution in [2.24, 2.45) is 0 Å². The molecular weight excluding hydrogens is 467 g/mol. The molecule has 174 valence electrons. The Morgan fingerprint density at radius 2 is 1.82 bits per heavy atom. The van der Waals surface area contributed by atoms with Gasteiger partial charge in [0, 0.05) is 38.5 Å². The summed E-state index contributed by atoms with van der Waals surface area (Å²) in [7, 11) is -1.11. The zero-order valence-corrected chi connectivity index (χ0v) is 19.9. The Kier molecular flexibility index (Phi) is 7.57. The summed E-state index contributed by atoms with van der Waals surface area (Å²) in [5.41, 5.74) is 2.13. The molecule has 2 amide bonds. The third-order valence-corrected chi connectivity index (χ3v) is 7.29. The molecule has 1 heterocycles. The number of carbonyl (C=O) groups excluding carboxylic acids is 2. The molecule has 33 heavy (non-hydrogen) atoms. The van der Waals surface area contributed by atoms with Gasteiger partial charge in [-0.15, -0.1) is 11.3 Å². The van der Waals surface area contributed by atoms with E-state index in [4.69, 9.17) is 0 Å². The predicted octanol–water partition coefficient (Wildman–Crippen LogP) is 3.13. The summed E-state index contributed by atoms with van der Waals surface area (Å²) in [6.45, 7) is 2.02. The maximum Gasteiger partial charge on any atom is 0.260 e. The van der Waals surface area contributed by atoms with E-state index in [0.29, 0.717) is 18.7 Å². The molecule has 0 unspecified atom stereocenters. The van der Waals surface area contributed by atoms with Crippen LogP contribution in [0.4, 0.5) is 9.52 Å². The number of amides is 2. The quantitative estimate of drug-likeness (QED) is 0.504. The number of thiazole rings is 1. The Hall–Kier alpha value is -3.15. The van der Waals surface area contributed by atoms with Gasteiger partial charge in [0.2, 0.25) is 15.9 Å². The smallest absolute Gasteiger partial charge is 0.260 e. The van der Waals surface area contributed by atoms with E-state index in [1.54, 1.807) is 5.38 Å². The first-order valence-electron chi connectivity index (χ1n) is 9.90. The van der Waals surface area contributed by atoms with Crippen molar-refractivity contribution in [3.05, 3.63) is 64.8 Å². The molecule has 2 N–H and O–H groups in total. The zero-order valence-electron chi connectivity index (χ0n) is 18.3. The van der Waals surface area contributed by atoms with E-state index in [2.05, 4.69) is 15.6 Å². The summed E-state index contributed by atoms with van der Waals surface area (Å²) in [6.07, 6.45) is 0.701. The van der Waals surface area contributed by atoms with Crippen LogP contribution in [0.2, 0.25) is 0 Å². The number of nitrogens with one attached hydrogen (secondary N) is 2. The Morgan fingerprint density at radius 1 is 1.12 bits per heavy atom. The number of rotatable bonds is 8. The fraction of sp³-hybridized carbons (Fsp3) is 0.227. The number of hydrogen-bond donors (Lipinski definition) is 2. The average molecular weight is 491 g/mol. The van der Waals surface area contributed by atoms with E-state index in [9.17, 15) is 22.4 Å². The summed E-state index contributed by atoms with van der Waals surface area (Å²) in [4.78, 5) is 27.7. The van der Waals surface area contributed by atoms with Gasteiger partial charge in [0.1, 0.15) is 5.82 Å². The minimum atomic E-state index is -3.82. The Balaban J connectivity index is 1.72. The van der Waals surface area contributed by atoms with Crippen LogP contribution in [0.1, 0.15) is 22.8 Å². The number of carbonyl (C=O) groups is 2. The molecular formula is C22H23FN4O4S2. The molecule has 0 aliphatic heterocycles. The maximum atomic E-state index is 14.2. The highest BCUT2D eigenvalue weighted by Gasteiger charge is 2.22. The van der Waals surface area contributed by atoms with Crippen molar-refractivity contribution in [1.82, 2.24) is 14.6 Å². The highest BCUT2D eigenvalue weighted by atomic mass is 32.2. The minimum Gasteiger partial charge on any atom is -0.356 e. The maximum absolute atomic E-state index is 14.2. The lowest BCUT2D eigenvalue weighted by atomic mass is 10.1. The normalized spacial score (nSPS) is 11.4. The number of hydrogen-bond acceptors (Lipinski definition) is 6. The van der Waals surface area contributed by atoms with Crippen molar-refractivity contribution >= 4 is 38.3 Å². The lowest BCUT2D eigenvalue weighted by Crippen LogP contribution is -2.23. The van der Waals surface area contributed by atoms with E-state index in [1.165, 1.54) is 32.4 Å². The van der Waals surface area contributed by atoms with Gasteiger partial charge < -0.3 is 5.32 Å². The number of benzene rings is 2. The molecule has 3 rings (SSSR count). The topological polar surface area (TPSA) is 108 Å². The molecule has 0 saturated heterocycles. The highest BCUT2D eigenvalue weighted by Crippen LogP contribution is 2.26. The fourth-order valence-electron chi connectivity index (χ4n) is 2.90. The van der Waals surface area contributed by atoms with Crippen molar-refractivity contribution in [1.29, 1.82) is 0 Å². The predicted molar refractivity (Wildman–Crippen MR) is 125 cm³/mol. The average Bonchev–Trinajstić information content (AvgIpc) is 3.22. The Bertz CT molecular complexity index is 1270. The van der Waals surface area contributed by atoms with Gasteiger partial charge in [-0.3, -0.25) is 14.9 Å². The minimum absolute atomic E-state index is 0.0744. The van der Waals surface area contributed by atoms with Crippen molar-refractivity contribution in [2.45, 2.75) is 18.2 Å². The molecule has 0 radical (unpaired) electrons. The van der Waals surface area contributed by atoms with E-state index in [-0.39, 0.29) is 15.9 Å². The first-order valence-corrected chi connectivity index (χ1v) is 12.2. The molecule has 2 aromatic carbocycles. The highest BCUT2D eigenvalue weighted by molar-refractivity contribution is 7.89. The third kappa shape index (κ3) is 6.01. The summed E-state index contributed by atoms with van der Waals surface area (Å²) >= 11 is 1.17. The molecule has 0 spiro atoms. The summed E-state index contributed by atoms with van der Waals surface area (Å²) in [5, 5.41) is 7.28. The number of halogens is 1. The molecule has 8 nitrogen and oxygen atoms in total. The second kappa shape index (κ2) is 10.2.